The predicted octanol–water partition coefficient (Wildman–Crippen LogP) is 3.35. The molecule has 30 heavy (non-hydrogen) atoms. The van der Waals surface area contributed by atoms with Crippen LogP contribution in [0.2, 0.25) is 0 Å². The van der Waals surface area contributed by atoms with Crippen molar-refractivity contribution in [1.82, 2.24) is 4.90 Å². The van der Waals surface area contributed by atoms with Crippen molar-refractivity contribution in [3.8, 4) is 0 Å². The lowest BCUT2D eigenvalue weighted by molar-refractivity contribution is -0.116. The third kappa shape index (κ3) is 5.59. The van der Waals surface area contributed by atoms with Crippen molar-refractivity contribution >= 4 is 34.8 Å². The number of rotatable bonds is 6. The molecule has 2 N–H and O–H groups in total. The molecule has 1 aliphatic heterocycles. The number of anilines is 3. The molecule has 7 nitrogen and oxygen atoms in total. The van der Waals surface area contributed by atoms with Crippen molar-refractivity contribution in [3.05, 3.63) is 54.1 Å². The number of nitrogens with zero attached hydrogens (tertiary/aromatic N) is 2. The summed E-state index contributed by atoms with van der Waals surface area (Å²) in [5.74, 6) is -0.238. The third-order valence-corrected chi connectivity index (χ3v) is 5.22. The molecular weight excluding hydrogens is 380 g/mol. The Balaban J connectivity index is 1.53. The van der Waals surface area contributed by atoms with Gasteiger partial charge in [-0.2, -0.15) is 0 Å². The van der Waals surface area contributed by atoms with Crippen LogP contribution in [0.3, 0.4) is 0 Å². The Bertz CT molecular complexity index is 905. The summed E-state index contributed by atoms with van der Waals surface area (Å²) in [5.41, 5.74) is 2.75. The molecule has 0 atom stereocenters. The van der Waals surface area contributed by atoms with E-state index < -0.39 is 0 Å². The van der Waals surface area contributed by atoms with Gasteiger partial charge in [-0.1, -0.05) is 6.07 Å². The topological polar surface area (TPSA) is 81.8 Å². The first-order valence-corrected chi connectivity index (χ1v) is 10.2. The van der Waals surface area contributed by atoms with Crippen molar-refractivity contribution in [2.75, 3.05) is 42.2 Å². The van der Waals surface area contributed by atoms with Crippen LogP contribution in [0, 0.1) is 0 Å². The van der Waals surface area contributed by atoms with Gasteiger partial charge in [-0.15, -0.1) is 0 Å². The average Bonchev–Trinajstić information content (AvgIpc) is 2.77. The highest BCUT2D eigenvalue weighted by molar-refractivity contribution is 5.98. The van der Waals surface area contributed by atoms with E-state index in [9.17, 15) is 14.4 Å². The minimum absolute atomic E-state index is 0.0135. The number of likely N-dealkylation sites (tertiary alicyclic amines) is 1. The van der Waals surface area contributed by atoms with Gasteiger partial charge in [0.25, 0.3) is 5.91 Å². The van der Waals surface area contributed by atoms with Gasteiger partial charge in [0, 0.05) is 49.7 Å². The van der Waals surface area contributed by atoms with Gasteiger partial charge >= 0.3 is 0 Å². The van der Waals surface area contributed by atoms with Gasteiger partial charge in [0.2, 0.25) is 11.8 Å². The Kier molecular flexibility index (Phi) is 7.06. The number of hydrogen-bond donors (Lipinski definition) is 2. The highest BCUT2D eigenvalue weighted by Gasteiger charge is 2.18. The summed E-state index contributed by atoms with van der Waals surface area (Å²) in [6, 6.07) is 14.3. The van der Waals surface area contributed by atoms with E-state index in [1.807, 2.05) is 29.2 Å². The van der Waals surface area contributed by atoms with E-state index >= 15 is 0 Å². The molecule has 0 spiro atoms. The summed E-state index contributed by atoms with van der Waals surface area (Å²) in [6.07, 6.45) is 3.25. The summed E-state index contributed by atoms with van der Waals surface area (Å²) in [7, 11) is 1.71. The third-order valence-electron chi connectivity index (χ3n) is 5.22. The van der Waals surface area contributed by atoms with Crippen LogP contribution in [0.4, 0.5) is 17.1 Å². The second kappa shape index (κ2) is 9.91. The number of nitrogens with one attached hydrogen (secondary N) is 2. The van der Waals surface area contributed by atoms with Gasteiger partial charge in [-0.05, 0) is 61.7 Å². The number of piperidine rings is 1. The van der Waals surface area contributed by atoms with Crippen LogP contribution < -0.4 is 15.5 Å². The highest BCUT2D eigenvalue weighted by atomic mass is 16.2. The molecule has 0 unspecified atom stereocenters. The molecule has 1 fully saturated rings. The Hall–Kier alpha value is -3.35. The van der Waals surface area contributed by atoms with E-state index in [2.05, 4.69) is 10.6 Å². The standard InChI is InChI=1S/C23H28N4O3/c1-17(28)26(2)21-11-9-19(10-12-21)24-16-22(29)25-20-8-6-7-18(15-20)23(30)27-13-4-3-5-14-27/h6-12,15,24H,3-5,13-14,16H2,1-2H3,(H,25,29). The van der Waals surface area contributed by atoms with Crippen LogP contribution in [-0.4, -0.2) is 49.3 Å². The van der Waals surface area contributed by atoms with Crippen LogP contribution in [-0.2, 0) is 9.59 Å². The first-order valence-electron chi connectivity index (χ1n) is 10.2. The number of carbonyl (C=O) groups is 3. The minimum atomic E-state index is -0.206. The molecule has 2 aromatic rings. The molecule has 1 aliphatic rings. The van der Waals surface area contributed by atoms with Crippen LogP contribution in [0.5, 0.6) is 0 Å². The van der Waals surface area contributed by atoms with Crippen LogP contribution in [0.15, 0.2) is 48.5 Å². The number of benzene rings is 2. The van der Waals surface area contributed by atoms with Crippen molar-refractivity contribution in [1.29, 1.82) is 0 Å². The molecule has 0 bridgehead atoms. The zero-order valence-corrected chi connectivity index (χ0v) is 17.5. The van der Waals surface area contributed by atoms with E-state index in [1.165, 1.54) is 13.3 Å². The lowest BCUT2D eigenvalue weighted by Gasteiger charge is -2.26. The molecule has 2 aromatic carbocycles. The van der Waals surface area contributed by atoms with Gasteiger partial charge in [-0.25, -0.2) is 0 Å². The molecular formula is C23H28N4O3. The summed E-state index contributed by atoms with van der Waals surface area (Å²) >= 11 is 0. The maximum atomic E-state index is 12.6. The van der Waals surface area contributed by atoms with Crippen molar-refractivity contribution in [3.63, 3.8) is 0 Å². The fraction of sp³-hybridized carbons (Fsp3) is 0.348. The van der Waals surface area contributed by atoms with Gasteiger partial charge in [0.1, 0.15) is 0 Å². The molecule has 3 rings (SSSR count). The Morgan fingerprint density at radius 1 is 0.967 bits per heavy atom. The SMILES string of the molecule is CC(=O)N(C)c1ccc(NCC(=O)Nc2cccc(C(=O)N3CCCCC3)c2)cc1. The monoisotopic (exact) mass is 408 g/mol. The molecule has 7 heteroatoms. The summed E-state index contributed by atoms with van der Waals surface area (Å²) < 4.78 is 0. The molecule has 0 aromatic heterocycles. The zero-order chi connectivity index (χ0) is 21.5. The molecule has 1 saturated heterocycles. The number of hydrogen-bond acceptors (Lipinski definition) is 4. The number of carbonyl (C=O) groups excluding carboxylic acids is 3. The molecule has 3 amide bonds. The predicted molar refractivity (Wildman–Crippen MR) is 119 cm³/mol. The fourth-order valence-corrected chi connectivity index (χ4v) is 3.38. The van der Waals surface area contributed by atoms with Crippen LogP contribution >= 0.6 is 0 Å². The normalized spacial score (nSPS) is 13.5. The van der Waals surface area contributed by atoms with E-state index in [1.54, 1.807) is 36.2 Å². The molecule has 0 aliphatic carbocycles. The lowest BCUT2D eigenvalue weighted by Crippen LogP contribution is -2.35. The van der Waals surface area contributed by atoms with Crippen molar-refractivity contribution in [2.24, 2.45) is 0 Å². The van der Waals surface area contributed by atoms with Gasteiger partial charge in [-0.3, -0.25) is 14.4 Å². The van der Waals surface area contributed by atoms with E-state index in [0.717, 1.165) is 37.3 Å². The first kappa shape index (κ1) is 21.4. The van der Waals surface area contributed by atoms with E-state index in [4.69, 9.17) is 0 Å². The fourth-order valence-electron chi connectivity index (χ4n) is 3.38. The average molecular weight is 409 g/mol. The number of amides is 3. The molecule has 0 saturated carbocycles. The van der Waals surface area contributed by atoms with Gasteiger partial charge in [0.05, 0.1) is 6.54 Å². The second-order valence-corrected chi connectivity index (χ2v) is 7.46. The van der Waals surface area contributed by atoms with Gasteiger partial charge < -0.3 is 20.4 Å². The largest absolute Gasteiger partial charge is 0.376 e. The molecule has 158 valence electrons. The maximum Gasteiger partial charge on any atom is 0.253 e. The summed E-state index contributed by atoms with van der Waals surface area (Å²) in [6.45, 7) is 3.18. The van der Waals surface area contributed by atoms with Crippen molar-refractivity contribution < 1.29 is 14.4 Å². The summed E-state index contributed by atoms with van der Waals surface area (Å²) in [4.78, 5) is 39.8. The smallest absolute Gasteiger partial charge is 0.253 e. The van der Waals surface area contributed by atoms with Crippen molar-refractivity contribution in [2.45, 2.75) is 26.2 Å². The maximum absolute atomic E-state index is 12.6. The Morgan fingerprint density at radius 3 is 2.33 bits per heavy atom. The minimum Gasteiger partial charge on any atom is -0.376 e. The molecule has 0 radical (unpaired) electrons. The Morgan fingerprint density at radius 2 is 1.67 bits per heavy atom. The Labute approximate surface area is 177 Å². The molecule has 1 heterocycles. The van der Waals surface area contributed by atoms with E-state index in [0.29, 0.717) is 11.3 Å². The highest BCUT2D eigenvalue weighted by Crippen LogP contribution is 2.18. The second-order valence-electron chi connectivity index (χ2n) is 7.46. The van der Waals surface area contributed by atoms with Crippen LogP contribution in [0.25, 0.3) is 0 Å². The van der Waals surface area contributed by atoms with Crippen LogP contribution in [0.1, 0.15) is 36.5 Å². The zero-order valence-electron chi connectivity index (χ0n) is 17.5. The van der Waals surface area contributed by atoms with E-state index in [-0.39, 0.29) is 24.3 Å². The lowest BCUT2D eigenvalue weighted by atomic mass is 10.1. The summed E-state index contributed by atoms with van der Waals surface area (Å²) in [5, 5.41) is 5.89. The van der Waals surface area contributed by atoms with Gasteiger partial charge in [0.15, 0.2) is 0 Å². The quantitative estimate of drug-likeness (QED) is 0.768. The first-order chi connectivity index (χ1) is 14.4.